The quantitative estimate of drug-likeness (QED) is 0.753. The van der Waals surface area contributed by atoms with Gasteiger partial charge in [0.05, 0.1) is 30.6 Å². The zero-order valence-corrected chi connectivity index (χ0v) is 13.5. The average Bonchev–Trinajstić information content (AvgIpc) is 3.16. The van der Waals surface area contributed by atoms with Gasteiger partial charge in [0, 0.05) is 5.69 Å². The van der Waals surface area contributed by atoms with Crippen LogP contribution in [-0.4, -0.2) is 28.0 Å². The molecule has 0 spiro atoms. The van der Waals surface area contributed by atoms with Gasteiger partial charge in [-0.15, -0.1) is 5.10 Å². The van der Waals surface area contributed by atoms with Crippen LogP contribution in [0.2, 0.25) is 0 Å². The molecule has 134 valence electrons. The number of nitrogens with one attached hydrogen (secondary N) is 1. The van der Waals surface area contributed by atoms with E-state index < -0.39 is 23.7 Å². The number of anilines is 1. The second-order valence-corrected chi connectivity index (χ2v) is 5.20. The number of amides is 1. The number of para-hydroxylation sites is 1. The zero-order chi connectivity index (χ0) is 18.7. The lowest BCUT2D eigenvalue weighted by Gasteiger charge is -2.13. The molecule has 0 aliphatic rings. The summed E-state index contributed by atoms with van der Waals surface area (Å²) in [7, 11) is 1.39. The molecule has 0 aliphatic heterocycles. The molecule has 0 bridgehead atoms. The molecule has 0 atom stereocenters. The highest BCUT2D eigenvalue weighted by Gasteiger charge is 2.19. The van der Waals surface area contributed by atoms with Crippen LogP contribution in [0.25, 0.3) is 5.69 Å². The van der Waals surface area contributed by atoms with Crippen molar-refractivity contribution in [2.45, 2.75) is 6.43 Å². The summed E-state index contributed by atoms with van der Waals surface area (Å²) < 4.78 is 45.7. The fourth-order valence-corrected chi connectivity index (χ4v) is 2.42. The van der Waals surface area contributed by atoms with Gasteiger partial charge in [-0.1, -0.05) is 11.3 Å². The van der Waals surface area contributed by atoms with E-state index in [0.717, 1.165) is 12.1 Å². The Morgan fingerprint density at radius 2 is 2.08 bits per heavy atom. The zero-order valence-electron chi connectivity index (χ0n) is 13.5. The number of methoxy groups -OCH3 is 1. The molecule has 1 amide bonds. The number of ether oxygens (including phenoxy) is 1. The van der Waals surface area contributed by atoms with E-state index in [-0.39, 0.29) is 17.0 Å². The lowest BCUT2D eigenvalue weighted by atomic mass is 10.1. The second-order valence-electron chi connectivity index (χ2n) is 5.20. The smallest absolute Gasteiger partial charge is 0.266 e. The first-order valence-corrected chi connectivity index (χ1v) is 7.44. The molecule has 2 aromatic carbocycles. The second kappa shape index (κ2) is 7.26. The van der Waals surface area contributed by atoms with Crippen LogP contribution in [0.5, 0.6) is 5.75 Å². The van der Waals surface area contributed by atoms with Gasteiger partial charge in [-0.25, -0.2) is 17.9 Å². The standard InChI is InChI=1S/C17H13F3N4O2/c1-26-15-11(3-2-4-14(15)24-8-7-21-23-24)17(25)22-10-5-6-13(18)12(9-10)16(19)20/h2-9,16H,1H3,(H,22,25). The molecule has 6 nitrogen and oxygen atoms in total. The van der Waals surface area contributed by atoms with Crippen LogP contribution in [-0.2, 0) is 0 Å². The summed E-state index contributed by atoms with van der Waals surface area (Å²) in [6.45, 7) is 0. The Balaban J connectivity index is 1.94. The third-order valence-electron chi connectivity index (χ3n) is 3.60. The van der Waals surface area contributed by atoms with E-state index in [1.807, 2.05) is 0 Å². The molecule has 0 saturated carbocycles. The summed E-state index contributed by atoms with van der Waals surface area (Å²) >= 11 is 0. The van der Waals surface area contributed by atoms with Gasteiger partial charge in [0.25, 0.3) is 12.3 Å². The lowest BCUT2D eigenvalue weighted by Crippen LogP contribution is -2.15. The van der Waals surface area contributed by atoms with Crippen molar-refractivity contribution >= 4 is 11.6 Å². The number of benzene rings is 2. The van der Waals surface area contributed by atoms with Crippen LogP contribution in [0, 0.1) is 5.82 Å². The van der Waals surface area contributed by atoms with Gasteiger partial charge in [0.1, 0.15) is 11.5 Å². The summed E-state index contributed by atoms with van der Waals surface area (Å²) in [5.74, 6) is -1.41. The number of carbonyl (C=O) groups excluding carboxylic acids is 1. The lowest BCUT2D eigenvalue weighted by molar-refractivity contribution is 0.102. The Morgan fingerprint density at radius 3 is 2.73 bits per heavy atom. The molecule has 26 heavy (non-hydrogen) atoms. The number of halogens is 3. The number of rotatable bonds is 5. The van der Waals surface area contributed by atoms with Gasteiger partial charge in [0.15, 0.2) is 5.75 Å². The molecule has 0 unspecified atom stereocenters. The number of hydrogen-bond donors (Lipinski definition) is 1. The monoisotopic (exact) mass is 362 g/mol. The molecule has 1 heterocycles. The van der Waals surface area contributed by atoms with Crippen LogP contribution in [0.1, 0.15) is 22.3 Å². The van der Waals surface area contributed by atoms with Crippen LogP contribution in [0.3, 0.4) is 0 Å². The molecule has 0 aliphatic carbocycles. The summed E-state index contributed by atoms with van der Waals surface area (Å²) in [5, 5.41) is 10.0. The highest BCUT2D eigenvalue weighted by molar-refractivity contribution is 6.07. The maximum absolute atomic E-state index is 13.4. The van der Waals surface area contributed by atoms with Crippen LogP contribution in [0.4, 0.5) is 18.9 Å². The van der Waals surface area contributed by atoms with E-state index >= 15 is 0 Å². The number of aromatic nitrogens is 3. The molecule has 1 N–H and O–H groups in total. The van der Waals surface area contributed by atoms with Crippen molar-refractivity contribution in [1.29, 1.82) is 0 Å². The van der Waals surface area contributed by atoms with E-state index in [4.69, 9.17) is 4.74 Å². The molecule has 0 saturated heterocycles. The molecular formula is C17H13F3N4O2. The van der Waals surface area contributed by atoms with Gasteiger partial charge in [-0.05, 0) is 30.3 Å². The van der Waals surface area contributed by atoms with Crippen molar-refractivity contribution in [3.05, 3.63) is 65.7 Å². The Labute approximate surface area is 146 Å². The van der Waals surface area contributed by atoms with Gasteiger partial charge < -0.3 is 10.1 Å². The maximum Gasteiger partial charge on any atom is 0.266 e. The van der Waals surface area contributed by atoms with Crippen molar-refractivity contribution in [2.75, 3.05) is 12.4 Å². The molecule has 1 aromatic heterocycles. The van der Waals surface area contributed by atoms with Crippen molar-refractivity contribution in [1.82, 2.24) is 15.0 Å². The van der Waals surface area contributed by atoms with E-state index in [1.165, 1.54) is 30.1 Å². The largest absolute Gasteiger partial charge is 0.494 e. The molecule has 0 fully saturated rings. The van der Waals surface area contributed by atoms with Crippen LogP contribution >= 0.6 is 0 Å². The van der Waals surface area contributed by atoms with Crippen molar-refractivity contribution in [3.8, 4) is 11.4 Å². The SMILES string of the molecule is COc1c(C(=O)Nc2ccc(F)c(C(F)F)c2)cccc1-n1ccnn1. The Kier molecular flexibility index (Phi) is 4.87. The predicted octanol–water partition coefficient (Wildman–Crippen LogP) is 3.60. The highest BCUT2D eigenvalue weighted by Crippen LogP contribution is 2.29. The Hall–Kier alpha value is -3.36. The van der Waals surface area contributed by atoms with Crippen LogP contribution in [0.15, 0.2) is 48.8 Å². The number of alkyl halides is 2. The number of hydrogen-bond acceptors (Lipinski definition) is 4. The first-order chi connectivity index (χ1) is 12.5. The number of nitrogens with zero attached hydrogens (tertiary/aromatic N) is 3. The molecule has 0 radical (unpaired) electrons. The average molecular weight is 362 g/mol. The third kappa shape index (κ3) is 3.37. The minimum Gasteiger partial charge on any atom is -0.494 e. The first kappa shape index (κ1) is 17.5. The van der Waals surface area contributed by atoms with E-state index in [1.54, 1.807) is 18.3 Å². The fourth-order valence-electron chi connectivity index (χ4n) is 2.42. The first-order valence-electron chi connectivity index (χ1n) is 7.44. The summed E-state index contributed by atoms with van der Waals surface area (Å²) in [6.07, 6.45) is 0.0578. The van der Waals surface area contributed by atoms with Crippen molar-refractivity contribution < 1.29 is 22.7 Å². The molecule has 3 rings (SSSR count). The summed E-state index contributed by atoms with van der Waals surface area (Å²) in [4.78, 5) is 12.6. The van der Waals surface area contributed by atoms with E-state index in [9.17, 15) is 18.0 Å². The van der Waals surface area contributed by atoms with E-state index in [2.05, 4.69) is 15.6 Å². The predicted molar refractivity (Wildman–Crippen MR) is 87.2 cm³/mol. The summed E-state index contributed by atoms with van der Waals surface area (Å²) in [5.41, 5.74) is -0.112. The third-order valence-corrected chi connectivity index (χ3v) is 3.60. The van der Waals surface area contributed by atoms with Crippen molar-refractivity contribution in [2.24, 2.45) is 0 Å². The fraction of sp³-hybridized carbons (Fsp3) is 0.118. The Morgan fingerprint density at radius 1 is 1.27 bits per heavy atom. The topological polar surface area (TPSA) is 69.0 Å². The summed E-state index contributed by atoms with van der Waals surface area (Å²) in [6, 6.07) is 7.77. The number of carbonyl (C=O) groups is 1. The van der Waals surface area contributed by atoms with E-state index in [0.29, 0.717) is 5.69 Å². The highest BCUT2D eigenvalue weighted by atomic mass is 19.3. The normalized spacial score (nSPS) is 10.8. The molecule has 9 heteroatoms. The van der Waals surface area contributed by atoms with Gasteiger partial charge in [0.2, 0.25) is 0 Å². The van der Waals surface area contributed by atoms with Crippen molar-refractivity contribution in [3.63, 3.8) is 0 Å². The molecular weight excluding hydrogens is 349 g/mol. The van der Waals surface area contributed by atoms with Gasteiger partial charge >= 0.3 is 0 Å². The Bertz CT molecular complexity index is 930. The van der Waals surface area contributed by atoms with Crippen LogP contribution < -0.4 is 10.1 Å². The maximum atomic E-state index is 13.4. The van der Waals surface area contributed by atoms with Gasteiger partial charge in [-0.3, -0.25) is 4.79 Å². The van der Waals surface area contributed by atoms with Gasteiger partial charge in [-0.2, -0.15) is 0 Å². The minimum atomic E-state index is -2.99. The molecule has 3 aromatic rings. The minimum absolute atomic E-state index is 0.0416.